The molecule has 0 aromatic heterocycles. The first kappa shape index (κ1) is 12.7. The number of benzene rings is 1. The van der Waals surface area contributed by atoms with Crippen molar-refractivity contribution in [2.45, 2.75) is 4.90 Å². The van der Waals surface area contributed by atoms with Crippen LogP contribution in [0.5, 0.6) is 0 Å². The van der Waals surface area contributed by atoms with E-state index >= 15 is 0 Å². The third-order valence-electron chi connectivity index (χ3n) is 1.91. The van der Waals surface area contributed by atoms with Gasteiger partial charge in [0, 0.05) is 27.2 Å². The summed E-state index contributed by atoms with van der Waals surface area (Å²) in [4.78, 5) is 13.9. The predicted octanol–water partition coefficient (Wildman–Crippen LogP) is 2.92. The quantitative estimate of drug-likeness (QED) is 0.614. The molecule has 1 rings (SSSR count). The minimum atomic E-state index is 0.701. The summed E-state index contributed by atoms with van der Waals surface area (Å²) in [6.45, 7) is 1.05. The van der Waals surface area contributed by atoms with Gasteiger partial charge in [0.2, 0.25) is 0 Å². The highest BCUT2D eigenvalue weighted by Gasteiger charge is 2.01. The van der Waals surface area contributed by atoms with Crippen LogP contribution in [0.15, 0.2) is 27.6 Å². The van der Waals surface area contributed by atoms with Gasteiger partial charge in [0.1, 0.15) is 0 Å². The van der Waals surface area contributed by atoms with Gasteiger partial charge in [-0.05, 0) is 32.3 Å². The fourth-order valence-electron chi connectivity index (χ4n) is 1.04. The lowest BCUT2D eigenvalue weighted by Crippen LogP contribution is -2.14. The summed E-state index contributed by atoms with van der Waals surface area (Å²) in [5.74, 6) is 1.06. The van der Waals surface area contributed by atoms with E-state index < -0.39 is 0 Å². The Bertz CT molecular complexity index is 341. The number of hydrogen-bond donors (Lipinski definition) is 0. The minimum Gasteiger partial charge on any atom is -0.309 e. The zero-order valence-corrected chi connectivity index (χ0v) is 11.3. The van der Waals surface area contributed by atoms with Gasteiger partial charge in [-0.1, -0.05) is 15.9 Å². The maximum absolute atomic E-state index is 10.6. The van der Waals surface area contributed by atoms with Gasteiger partial charge in [-0.25, -0.2) is 0 Å². The highest BCUT2D eigenvalue weighted by atomic mass is 79.9. The molecule has 0 saturated heterocycles. The van der Waals surface area contributed by atoms with E-state index in [2.05, 4.69) is 34.9 Å². The topological polar surface area (TPSA) is 20.3 Å². The second-order valence-corrected chi connectivity index (χ2v) is 5.48. The van der Waals surface area contributed by atoms with Crippen molar-refractivity contribution in [3.05, 3.63) is 28.2 Å². The van der Waals surface area contributed by atoms with Crippen molar-refractivity contribution in [1.29, 1.82) is 0 Å². The van der Waals surface area contributed by atoms with E-state index in [4.69, 9.17) is 0 Å². The molecule has 0 aliphatic heterocycles. The number of rotatable bonds is 5. The largest absolute Gasteiger partial charge is 0.309 e. The molecule has 0 aliphatic rings. The number of carbonyl (C=O) groups excluding carboxylic acids is 1. The van der Waals surface area contributed by atoms with Crippen molar-refractivity contribution in [1.82, 2.24) is 4.90 Å². The van der Waals surface area contributed by atoms with Crippen LogP contribution in [0.1, 0.15) is 10.4 Å². The van der Waals surface area contributed by atoms with E-state index in [0.717, 1.165) is 23.1 Å². The summed E-state index contributed by atoms with van der Waals surface area (Å²) < 4.78 is 0.868. The molecule has 1 aromatic rings. The van der Waals surface area contributed by atoms with Crippen molar-refractivity contribution in [3.8, 4) is 0 Å². The highest BCUT2D eigenvalue weighted by molar-refractivity contribution is 9.10. The number of carbonyl (C=O) groups is 1. The Labute approximate surface area is 103 Å². The third-order valence-corrected chi connectivity index (χ3v) is 3.57. The molecule has 0 bridgehead atoms. The van der Waals surface area contributed by atoms with Gasteiger partial charge in [0.25, 0.3) is 0 Å². The fraction of sp³-hybridized carbons (Fsp3) is 0.364. The molecule has 0 heterocycles. The van der Waals surface area contributed by atoms with Crippen LogP contribution in [0.4, 0.5) is 0 Å². The number of halogens is 1. The van der Waals surface area contributed by atoms with Gasteiger partial charge in [-0.2, -0.15) is 0 Å². The first-order valence-corrected chi connectivity index (χ1v) is 6.43. The highest BCUT2D eigenvalue weighted by Crippen LogP contribution is 2.24. The average Bonchev–Trinajstić information content (AvgIpc) is 2.17. The van der Waals surface area contributed by atoms with Crippen molar-refractivity contribution in [3.63, 3.8) is 0 Å². The molecule has 0 radical (unpaired) electrons. The summed E-state index contributed by atoms with van der Waals surface area (Å²) in [6, 6.07) is 5.81. The smallest absolute Gasteiger partial charge is 0.151 e. The van der Waals surface area contributed by atoms with Gasteiger partial charge < -0.3 is 4.90 Å². The van der Waals surface area contributed by atoms with E-state index in [1.54, 1.807) is 11.8 Å². The summed E-state index contributed by atoms with van der Waals surface area (Å²) in [6.07, 6.45) is 0.859. The summed E-state index contributed by atoms with van der Waals surface area (Å²) in [5.41, 5.74) is 0.701. The number of thioether (sulfide) groups is 1. The lowest BCUT2D eigenvalue weighted by molar-refractivity contribution is 0.112. The Hall–Kier alpha value is -0.320. The van der Waals surface area contributed by atoms with Crippen LogP contribution < -0.4 is 0 Å². The van der Waals surface area contributed by atoms with Crippen LogP contribution in [-0.4, -0.2) is 37.6 Å². The van der Waals surface area contributed by atoms with Crippen LogP contribution in [-0.2, 0) is 0 Å². The fourth-order valence-corrected chi connectivity index (χ4v) is 2.72. The molecule has 15 heavy (non-hydrogen) atoms. The van der Waals surface area contributed by atoms with Gasteiger partial charge in [0.15, 0.2) is 6.29 Å². The van der Waals surface area contributed by atoms with E-state index in [-0.39, 0.29) is 0 Å². The van der Waals surface area contributed by atoms with Crippen LogP contribution in [0.3, 0.4) is 0 Å². The Morgan fingerprint density at radius 1 is 1.47 bits per heavy atom. The zero-order chi connectivity index (χ0) is 11.3. The van der Waals surface area contributed by atoms with Crippen molar-refractivity contribution in [2.24, 2.45) is 0 Å². The molecule has 2 nitrogen and oxygen atoms in total. The van der Waals surface area contributed by atoms with Gasteiger partial charge >= 0.3 is 0 Å². The normalized spacial score (nSPS) is 10.7. The van der Waals surface area contributed by atoms with Crippen molar-refractivity contribution >= 4 is 34.0 Å². The Balaban J connectivity index is 2.56. The summed E-state index contributed by atoms with van der Waals surface area (Å²) >= 11 is 5.17. The standard InChI is InChI=1S/C11H14BrNOS/c1-13(2)5-6-15-10-4-3-9(8-14)11(12)7-10/h3-4,7-8H,5-6H2,1-2H3. The monoisotopic (exact) mass is 287 g/mol. The summed E-state index contributed by atoms with van der Waals surface area (Å²) in [7, 11) is 4.12. The molecule has 82 valence electrons. The SMILES string of the molecule is CN(C)CCSc1ccc(C=O)c(Br)c1. The Kier molecular flexibility index (Phi) is 5.36. The van der Waals surface area contributed by atoms with E-state index in [1.807, 2.05) is 18.2 Å². The first-order valence-electron chi connectivity index (χ1n) is 4.65. The van der Waals surface area contributed by atoms with Crippen LogP contribution >= 0.6 is 27.7 Å². The molecule has 0 saturated carbocycles. The second-order valence-electron chi connectivity index (χ2n) is 3.45. The zero-order valence-electron chi connectivity index (χ0n) is 8.87. The van der Waals surface area contributed by atoms with E-state index in [9.17, 15) is 4.79 Å². The van der Waals surface area contributed by atoms with Crippen LogP contribution in [0, 0.1) is 0 Å². The molecule has 0 atom stereocenters. The molecule has 1 aromatic carbocycles. The average molecular weight is 288 g/mol. The molecule has 0 spiro atoms. The van der Waals surface area contributed by atoms with Crippen molar-refractivity contribution < 1.29 is 4.79 Å². The van der Waals surface area contributed by atoms with Gasteiger partial charge in [0.05, 0.1) is 0 Å². The molecule has 0 amide bonds. The predicted molar refractivity (Wildman–Crippen MR) is 68.8 cm³/mol. The minimum absolute atomic E-state index is 0.701. The lowest BCUT2D eigenvalue weighted by Gasteiger charge is -2.09. The molecule has 0 fully saturated rings. The number of aldehydes is 1. The van der Waals surface area contributed by atoms with Gasteiger partial charge in [-0.3, -0.25) is 4.79 Å². The maximum Gasteiger partial charge on any atom is 0.151 e. The van der Waals surface area contributed by atoms with Crippen molar-refractivity contribution in [2.75, 3.05) is 26.4 Å². The molecule has 0 aliphatic carbocycles. The third kappa shape index (κ3) is 4.36. The van der Waals surface area contributed by atoms with Crippen LogP contribution in [0.25, 0.3) is 0 Å². The lowest BCUT2D eigenvalue weighted by atomic mass is 10.2. The van der Waals surface area contributed by atoms with E-state index in [0.29, 0.717) is 5.56 Å². The molecule has 0 N–H and O–H groups in total. The number of hydrogen-bond acceptors (Lipinski definition) is 3. The molecular weight excluding hydrogens is 274 g/mol. The van der Waals surface area contributed by atoms with E-state index in [1.165, 1.54) is 4.90 Å². The maximum atomic E-state index is 10.6. The van der Waals surface area contributed by atoms with Gasteiger partial charge in [-0.15, -0.1) is 11.8 Å². The first-order chi connectivity index (χ1) is 7.13. The second kappa shape index (κ2) is 6.30. The summed E-state index contributed by atoms with van der Waals surface area (Å²) in [5, 5.41) is 0. The Morgan fingerprint density at radius 2 is 2.20 bits per heavy atom. The van der Waals surface area contributed by atoms with Crippen LogP contribution in [0.2, 0.25) is 0 Å². The number of nitrogens with zero attached hydrogens (tertiary/aromatic N) is 1. The molecular formula is C11H14BrNOS. The Morgan fingerprint density at radius 3 is 2.73 bits per heavy atom. The molecule has 0 unspecified atom stereocenters. The molecule has 4 heteroatoms.